The highest BCUT2D eigenvalue weighted by Crippen LogP contribution is 2.55. The zero-order chi connectivity index (χ0) is 31.2. The first-order chi connectivity index (χ1) is 21.0. The van der Waals surface area contributed by atoms with Crippen molar-refractivity contribution in [1.29, 1.82) is 0 Å². The molecule has 0 amide bonds. The first-order valence-corrected chi connectivity index (χ1v) is 15.4. The minimum absolute atomic E-state index is 0.0686. The number of ether oxygens (including phenoxy) is 2. The van der Waals surface area contributed by atoms with Gasteiger partial charge in [-0.1, -0.05) is 36.4 Å². The lowest BCUT2D eigenvalue weighted by molar-refractivity contribution is -0.142. The summed E-state index contributed by atoms with van der Waals surface area (Å²) in [6.07, 6.45) is -0.981. The molecular weight excluding hydrogens is 601 g/mol. The van der Waals surface area contributed by atoms with E-state index in [0.29, 0.717) is 41.2 Å². The summed E-state index contributed by atoms with van der Waals surface area (Å²) in [4.78, 5) is 12.8. The SMILES string of the molecule is CC[C@@H]1CN(Cc2cccc(-n3ncc(C(=O)OC)c3[C@@H]3C[C@H]3c3cn(CC(F)(F)F)nn3)c2)S(=O)(=O)c2ccccc2O1. The van der Waals surface area contributed by atoms with Gasteiger partial charge in [-0.2, -0.15) is 22.6 Å². The molecule has 2 aliphatic rings. The summed E-state index contributed by atoms with van der Waals surface area (Å²) >= 11 is 0. The van der Waals surface area contributed by atoms with Gasteiger partial charge in [0.25, 0.3) is 0 Å². The lowest BCUT2D eigenvalue weighted by Crippen LogP contribution is -2.36. The zero-order valence-electron chi connectivity index (χ0n) is 23.8. The molecule has 0 unspecified atom stereocenters. The number of aromatic nitrogens is 5. The summed E-state index contributed by atoms with van der Waals surface area (Å²) < 4.78 is 80.6. The third-order valence-corrected chi connectivity index (χ3v) is 9.62. The molecule has 1 saturated carbocycles. The van der Waals surface area contributed by atoms with Gasteiger partial charge in [-0.3, -0.25) is 0 Å². The van der Waals surface area contributed by atoms with Crippen LogP contribution in [0.3, 0.4) is 0 Å². The standard InChI is InChI=1S/C29H29F3N6O5S/c1-3-20-15-37(44(40,41)26-10-5-4-9-25(26)43-20)14-18-7-6-8-19(11-18)38-27(23(13-33-38)28(39)42-2)22-12-21(22)24-16-36(35-34-24)17-29(30,31)32/h4-11,13,16,20-22H,3,12,14-15,17H2,1-2H3/t20-,21-,22-/m1/s1. The minimum atomic E-state index is -4.43. The summed E-state index contributed by atoms with van der Waals surface area (Å²) in [5, 5.41) is 12.0. The molecule has 0 saturated heterocycles. The molecule has 0 radical (unpaired) electrons. The predicted molar refractivity (Wildman–Crippen MR) is 150 cm³/mol. The van der Waals surface area contributed by atoms with Crippen LogP contribution in [0.25, 0.3) is 5.69 Å². The molecular formula is C29H29F3N6O5S. The van der Waals surface area contributed by atoms with Crippen molar-refractivity contribution < 1.29 is 35.9 Å². The Labute approximate surface area is 251 Å². The van der Waals surface area contributed by atoms with Crippen molar-refractivity contribution in [3.8, 4) is 11.4 Å². The molecule has 0 bridgehead atoms. The van der Waals surface area contributed by atoms with Gasteiger partial charge in [0.2, 0.25) is 10.0 Å². The van der Waals surface area contributed by atoms with Crippen LogP contribution < -0.4 is 4.74 Å². The summed E-state index contributed by atoms with van der Waals surface area (Å²) in [5.41, 5.74) is 2.40. The summed E-state index contributed by atoms with van der Waals surface area (Å²) in [6, 6.07) is 13.7. The van der Waals surface area contributed by atoms with E-state index in [4.69, 9.17) is 9.47 Å². The number of benzene rings is 2. The van der Waals surface area contributed by atoms with E-state index in [1.54, 1.807) is 47.1 Å². The van der Waals surface area contributed by atoms with E-state index in [0.717, 1.165) is 4.68 Å². The van der Waals surface area contributed by atoms with Gasteiger partial charge in [0.05, 0.1) is 36.9 Å². The van der Waals surface area contributed by atoms with Gasteiger partial charge in [0.15, 0.2) is 0 Å². The van der Waals surface area contributed by atoms with Gasteiger partial charge < -0.3 is 9.47 Å². The Kier molecular flexibility index (Phi) is 7.70. The summed E-state index contributed by atoms with van der Waals surface area (Å²) in [7, 11) is -2.61. The topological polar surface area (TPSA) is 121 Å². The fourth-order valence-corrected chi connectivity index (χ4v) is 7.13. The monoisotopic (exact) mass is 630 g/mol. The normalized spacial score (nSPS) is 21.2. The number of hydrogen-bond acceptors (Lipinski definition) is 8. The zero-order valence-corrected chi connectivity index (χ0v) is 24.6. The molecule has 2 aromatic heterocycles. The second-order valence-corrected chi connectivity index (χ2v) is 12.7. The van der Waals surface area contributed by atoms with Crippen LogP contribution in [-0.4, -0.2) is 69.4 Å². The molecule has 44 heavy (non-hydrogen) atoms. The maximum absolute atomic E-state index is 13.7. The van der Waals surface area contributed by atoms with Crippen molar-refractivity contribution in [2.75, 3.05) is 13.7 Å². The molecule has 3 heterocycles. The maximum Gasteiger partial charge on any atom is 0.408 e. The molecule has 1 aliphatic heterocycles. The Morgan fingerprint density at radius 3 is 2.68 bits per heavy atom. The molecule has 1 fully saturated rings. The van der Waals surface area contributed by atoms with Crippen LogP contribution in [0, 0.1) is 0 Å². The number of fused-ring (bicyclic) bond motifs is 1. The predicted octanol–water partition coefficient (Wildman–Crippen LogP) is 4.45. The number of methoxy groups -OCH3 is 1. The molecule has 1 aliphatic carbocycles. The van der Waals surface area contributed by atoms with Gasteiger partial charge in [-0.05, 0) is 42.7 Å². The molecule has 4 aromatic rings. The average molecular weight is 631 g/mol. The summed E-state index contributed by atoms with van der Waals surface area (Å²) in [5.74, 6) is -0.832. The molecule has 232 valence electrons. The van der Waals surface area contributed by atoms with Crippen LogP contribution in [-0.2, 0) is 27.8 Å². The second kappa shape index (κ2) is 11.4. The lowest BCUT2D eigenvalue weighted by Gasteiger charge is -2.22. The lowest BCUT2D eigenvalue weighted by atomic mass is 10.1. The number of sulfonamides is 1. The highest BCUT2D eigenvalue weighted by molar-refractivity contribution is 7.89. The number of rotatable bonds is 8. The van der Waals surface area contributed by atoms with Gasteiger partial charge in [-0.25, -0.2) is 22.6 Å². The fourth-order valence-electron chi connectivity index (χ4n) is 5.55. The number of carbonyl (C=O) groups is 1. The van der Waals surface area contributed by atoms with Crippen molar-refractivity contribution in [2.45, 2.75) is 61.9 Å². The number of nitrogens with zero attached hydrogens (tertiary/aromatic N) is 6. The number of halogens is 3. The minimum Gasteiger partial charge on any atom is -0.488 e. The maximum atomic E-state index is 13.7. The first kappa shape index (κ1) is 29.8. The van der Waals surface area contributed by atoms with Crippen LogP contribution in [0.2, 0.25) is 0 Å². The highest BCUT2D eigenvalue weighted by atomic mass is 32.2. The van der Waals surface area contributed by atoms with Gasteiger partial charge >= 0.3 is 12.1 Å². The fraction of sp³-hybridized carbons (Fsp3) is 0.379. The Balaban J connectivity index is 1.31. The Morgan fingerprint density at radius 2 is 1.93 bits per heavy atom. The van der Waals surface area contributed by atoms with Crippen LogP contribution in [0.5, 0.6) is 5.75 Å². The van der Waals surface area contributed by atoms with Crippen molar-refractivity contribution in [2.24, 2.45) is 0 Å². The smallest absolute Gasteiger partial charge is 0.408 e. The molecule has 11 nitrogen and oxygen atoms in total. The van der Waals surface area contributed by atoms with E-state index >= 15 is 0 Å². The van der Waals surface area contributed by atoms with E-state index in [2.05, 4.69) is 15.4 Å². The molecule has 3 atom stereocenters. The first-order valence-electron chi connectivity index (χ1n) is 14.0. The molecule has 15 heteroatoms. The molecule has 6 rings (SSSR count). The van der Waals surface area contributed by atoms with Crippen LogP contribution in [0.4, 0.5) is 13.2 Å². The number of carbonyl (C=O) groups excluding carboxylic acids is 1. The number of hydrogen-bond donors (Lipinski definition) is 0. The van der Waals surface area contributed by atoms with Crippen LogP contribution in [0.15, 0.2) is 65.8 Å². The average Bonchev–Trinajstić information content (AvgIpc) is 3.45. The van der Waals surface area contributed by atoms with Crippen molar-refractivity contribution >= 4 is 16.0 Å². The molecule has 2 aromatic carbocycles. The molecule has 0 N–H and O–H groups in total. The summed E-state index contributed by atoms with van der Waals surface area (Å²) in [6.45, 7) is 0.915. The van der Waals surface area contributed by atoms with Crippen molar-refractivity contribution in [3.63, 3.8) is 0 Å². The number of para-hydroxylation sites is 1. The van der Waals surface area contributed by atoms with Crippen molar-refractivity contribution in [3.05, 3.63) is 83.4 Å². The van der Waals surface area contributed by atoms with E-state index in [9.17, 15) is 26.4 Å². The highest BCUT2D eigenvalue weighted by Gasteiger charge is 2.46. The van der Waals surface area contributed by atoms with Crippen LogP contribution >= 0.6 is 0 Å². The van der Waals surface area contributed by atoms with E-state index in [-0.39, 0.29) is 41.5 Å². The molecule has 0 spiro atoms. The van der Waals surface area contributed by atoms with Crippen LogP contribution in [0.1, 0.15) is 58.9 Å². The Hall–Kier alpha value is -4.24. The van der Waals surface area contributed by atoms with Gasteiger partial charge in [-0.15, -0.1) is 5.10 Å². The Morgan fingerprint density at radius 1 is 1.14 bits per heavy atom. The largest absolute Gasteiger partial charge is 0.488 e. The number of alkyl halides is 3. The van der Waals surface area contributed by atoms with Crippen molar-refractivity contribution in [1.82, 2.24) is 29.1 Å². The third-order valence-electron chi connectivity index (χ3n) is 7.77. The van der Waals surface area contributed by atoms with E-state index in [1.165, 1.54) is 29.9 Å². The van der Waals surface area contributed by atoms with E-state index < -0.39 is 28.7 Å². The van der Waals surface area contributed by atoms with Gasteiger partial charge in [0, 0.05) is 24.6 Å². The number of esters is 1. The third kappa shape index (κ3) is 5.80. The quantitative estimate of drug-likeness (QED) is 0.262. The second-order valence-electron chi connectivity index (χ2n) is 10.8. The van der Waals surface area contributed by atoms with E-state index in [1.807, 2.05) is 6.92 Å². The Bertz CT molecular complexity index is 1800. The van der Waals surface area contributed by atoms with Gasteiger partial charge in [0.1, 0.15) is 28.9 Å².